The fraction of sp³-hybridized carbons (Fsp3) is 0.154. The number of nitrogens with one attached hydrogen (secondary N) is 1. The molecule has 176 valence electrons. The minimum atomic E-state index is -0.418. The van der Waals surface area contributed by atoms with Crippen molar-refractivity contribution in [3.63, 3.8) is 0 Å². The zero-order valence-electron chi connectivity index (χ0n) is 19.4. The molecule has 3 aromatic carbocycles. The number of carbonyl (C=O) groups is 1. The standard InChI is InChI=1S/C26H22N4O5/c1-15-25(30(32)33)16(2)29(28-15)14-17-8-10-18(11-9-17)26(31)27-21-13-23-20(12-24(21)34-3)19-6-4-5-7-22(19)35-23/h4-13H,14H2,1-3H3,(H,27,31). The molecule has 0 aliphatic heterocycles. The fourth-order valence-electron chi connectivity index (χ4n) is 4.25. The molecule has 0 atom stereocenters. The van der Waals surface area contributed by atoms with Crippen LogP contribution in [0.5, 0.6) is 5.75 Å². The third-order valence-corrected chi connectivity index (χ3v) is 6.02. The molecule has 1 N–H and O–H groups in total. The molecule has 0 bridgehead atoms. The van der Waals surface area contributed by atoms with E-state index in [9.17, 15) is 14.9 Å². The van der Waals surface area contributed by atoms with Gasteiger partial charge >= 0.3 is 5.69 Å². The lowest BCUT2D eigenvalue weighted by molar-refractivity contribution is -0.386. The Kier molecular flexibility index (Phi) is 5.44. The second kappa shape index (κ2) is 8.60. The molecule has 1 amide bonds. The molecule has 0 spiro atoms. The summed E-state index contributed by atoms with van der Waals surface area (Å²) >= 11 is 0. The minimum absolute atomic E-state index is 0.0244. The zero-order chi connectivity index (χ0) is 24.7. The van der Waals surface area contributed by atoms with Gasteiger partial charge in [-0.3, -0.25) is 19.6 Å². The smallest absolute Gasteiger partial charge is 0.312 e. The lowest BCUT2D eigenvalue weighted by Crippen LogP contribution is -2.13. The molecule has 0 saturated heterocycles. The van der Waals surface area contributed by atoms with E-state index >= 15 is 0 Å². The van der Waals surface area contributed by atoms with Gasteiger partial charge in [0, 0.05) is 22.4 Å². The van der Waals surface area contributed by atoms with Gasteiger partial charge in [-0.15, -0.1) is 0 Å². The molecule has 2 heterocycles. The highest BCUT2D eigenvalue weighted by molar-refractivity contribution is 6.10. The van der Waals surface area contributed by atoms with Gasteiger partial charge in [0.1, 0.15) is 28.3 Å². The molecular formula is C26H22N4O5. The maximum atomic E-state index is 12.9. The fourth-order valence-corrected chi connectivity index (χ4v) is 4.25. The maximum absolute atomic E-state index is 12.9. The van der Waals surface area contributed by atoms with Gasteiger partial charge in [0.05, 0.1) is 24.3 Å². The van der Waals surface area contributed by atoms with Crippen LogP contribution in [0.4, 0.5) is 11.4 Å². The summed E-state index contributed by atoms with van der Waals surface area (Å²) in [6.07, 6.45) is 0. The number of hydrogen-bond donors (Lipinski definition) is 1. The van der Waals surface area contributed by atoms with Crippen molar-refractivity contribution in [1.82, 2.24) is 9.78 Å². The predicted molar refractivity (Wildman–Crippen MR) is 132 cm³/mol. The molecule has 35 heavy (non-hydrogen) atoms. The summed E-state index contributed by atoms with van der Waals surface area (Å²) in [4.78, 5) is 23.8. The van der Waals surface area contributed by atoms with Gasteiger partial charge in [-0.2, -0.15) is 5.10 Å². The number of furan rings is 1. The number of aromatic nitrogens is 2. The Morgan fingerprint density at radius 2 is 1.83 bits per heavy atom. The number of fused-ring (bicyclic) bond motifs is 3. The molecule has 9 nitrogen and oxygen atoms in total. The van der Waals surface area contributed by atoms with E-state index in [0.717, 1.165) is 21.9 Å². The first kappa shape index (κ1) is 22.1. The van der Waals surface area contributed by atoms with Gasteiger partial charge in [0.15, 0.2) is 0 Å². The van der Waals surface area contributed by atoms with Crippen LogP contribution in [0.1, 0.15) is 27.3 Å². The summed E-state index contributed by atoms with van der Waals surface area (Å²) in [6, 6.07) is 18.4. The van der Waals surface area contributed by atoms with Crippen molar-refractivity contribution in [2.24, 2.45) is 0 Å². The van der Waals surface area contributed by atoms with E-state index in [1.54, 1.807) is 56.0 Å². The highest BCUT2D eigenvalue weighted by atomic mass is 16.6. The van der Waals surface area contributed by atoms with Crippen molar-refractivity contribution in [1.29, 1.82) is 0 Å². The summed E-state index contributed by atoms with van der Waals surface area (Å²) in [5, 5.41) is 20.3. The number of amides is 1. The first-order chi connectivity index (χ1) is 16.9. The molecular weight excluding hydrogens is 448 g/mol. The van der Waals surface area contributed by atoms with E-state index in [0.29, 0.717) is 40.5 Å². The number of carbonyl (C=O) groups excluding carboxylic acids is 1. The van der Waals surface area contributed by atoms with Crippen molar-refractivity contribution in [2.45, 2.75) is 20.4 Å². The maximum Gasteiger partial charge on any atom is 0.312 e. The predicted octanol–water partition coefficient (Wildman–Crippen LogP) is 5.62. The van der Waals surface area contributed by atoms with Crippen molar-refractivity contribution in [3.05, 3.63) is 93.3 Å². The Morgan fingerprint density at radius 3 is 2.51 bits per heavy atom. The van der Waals surface area contributed by atoms with E-state index in [2.05, 4.69) is 10.4 Å². The van der Waals surface area contributed by atoms with Crippen LogP contribution < -0.4 is 10.1 Å². The van der Waals surface area contributed by atoms with Crippen LogP contribution in [-0.4, -0.2) is 27.7 Å². The van der Waals surface area contributed by atoms with Gasteiger partial charge < -0.3 is 14.5 Å². The van der Waals surface area contributed by atoms with Crippen molar-refractivity contribution in [3.8, 4) is 5.75 Å². The number of rotatable bonds is 6. The summed E-state index contributed by atoms with van der Waals surface area (Å²) < 4.78 is 13.0. The number of methoxy groups -OCH3 is 1. The quantitative estimate of drug-likeness (QED) is 0.255. The first-order valence-electron chi connectivity index (χ1n) is 10.9. The minimum Gasteiger partial charge on any atom is -0.495 e. The van der Waals surface area contributed by atoms with E-state index < -0.39 is 4.92 Å². The number of aryl methyl sites for hydroxylation is 1. The van der Waals surface area contributed by atoms with Crippen molar-refractivity contribution < 1.29 is 18.9 Å². The third-order valence-electron chi connectivity index (χ3n) is 6.02. The summed E-state index contributed by atoms with van der Waals surface area (Å²) in [5.74, 6) is 0.229. The van der Waals surface area contributed by atoms with Gasteiger partial charge in [0.2, 0.25) is 0 Å². The molecule has 0 unspecified atom stereocenters. The highest BCUT2D eigenvalue weighted by Crippen LogP contribution is 2.36. The van der Waals surface area contributed by atoms with Crippen LogP contribution in [0.3, 0.4) is 0 Å². The Balaban J connectivity index is 1.37. The number of benzene rings is 3. The van der Waals surface area contributed by atoms with E-state index in [1.807, 2.05) is 30.3 Å². The van der Waals surface area contributed by atoms with Crippen LogP contribution >= 0.6 is 0 Å². The zero-order valence-corrected chi connectivity index (χ0v) is 19.4. The molecule has 0 fully saturated rings. The second-order valence-corrected chi connectivity index (χ2v) is 8.23. The van der Waals surface area contributed by atoms with Crippen molar-refractivity contribution >= 4 is 39.2 Å². The number of nitrogens with zero attached hydrogens (tertiary/aromatic N) is 3. The second-order valence-electron chi connectivity index (χ2n) is 8.23. The van der Waals surface area contributed by atoms with E-state index in [1.165, 1.54) is 0 Å². The lowest BCUT2D eigenvalue weighted by atomic mass is 10.1. The number of hydrogen-bond acceptors (Lipinski definition) is 6. The van der Waals surface area contributed by atoms with Crippen LogP contribution in [0, 0.1) is 24.0 Å². The number of anilines is 1. The Labute approximate surface area is 200 Å². The Hall–Kier alpha value is -4.66. The Bertz CT molecular complexity index is 1600. The Morgan fingerprint density at radius 1 is 1.09 bits per heavy atom. The third kappa shape index (κ3) is 3.97. The number of para-hydroxylation sites is 1. The average Bonchev–Trinajstić information content (AvgIpc) is 3.34. The summed E-state index contributed by atoms with van der Waals surface area (Å²) in [5.41, 5.74) is 4.12. The van der Waals surface area contributed by atoms with Gasteiger partial charge in [-0.1, -0.05) is 30.3 Å². The normalized spacial score (nSPS) is 11.2. The van der Waals surface area contributed by atoms with Crippen LogP contribution in [0.2, 0.25) is 0 Å². The molecule has 2 aromatic heterocycles. The van der Waals surface area contributed by atoms with Crippen molar-refractivity contribution in [2.75, 3.05) is 12.4 Å². The molecule has 0 saturated carbocycles. The number of nitro groups is 1. The SMILES string of the molecule is COc1cc2c(cc1NC(=O)c1ccc(Cn3nc(C)c([N+](=O)[O-])c3C)cc1)oc1ccccc12. The number of ether oxygens (including phenoxy) is 1. The monoisotopic (exact) mass is 470 g/mol. The van der Waals surface area contributed by atoms with Gasteiger partial charge in [-0.05, 0) is 43.7 Å². The molecule has 0 radical (unpaired) electrons. The van der Waals surface area contributed by atoms with E-state index in [-0.39, 0.29) is 11.6 Å². The topological polar surface area (TPSA) is 112 Å². The molecule has 9 heteroatoms. The lowest BCUT2D eigenvalue weighted by Gasteiger charge is -2.11. The molecule has 5 aromatic rings. The van der Waals surface area contributed by atoms with E-state index in [4.69, 9.17) is 9.15 Å². The van der Waals surface area contributed by atoms with Gasteiger partial charge in [0.25, 0.3) is 5.91 Å². The molecule has 5 rings (SSSR count). The molecule has 0 aliphatic carbocycles. The van der Waals surface area contributed by atoms with Crippen LogP contribution in [-0.2, 0) is 6.54 Å². The highest BCUT2D eigenvalue weighted by Gasteiger charge is 2.22. The largest absolute Gasteiger partial charge is 0.495 e. The van der Waals surface area contributed by atoms with Crippen LogP contribution in [0.15, 0.2) is 65.1 Å². The summed E-state index contributed by atoms with van der Waals surface area (Å²) in [6.45, 7) is 3.65. The first-order valence-corrected chi connectivity index (χ1v) is 10.9. The summed E-state index contributed by atoms with van der Waals surface area (Å²) in [7, 11) is 1.55. The average molecular weight is 470 g/mol. The molecule has 0 aliphatic rings. The van der Waals surface area contributed by atoms with Crippen LogP contribution in [0.25, 0.3) is 21.9 Å². The van der Waals surface area contributed by atoms with Gasteiger partial charge in [-0.25, -0.2) is 0 Å².